The molecule has 3 N–H and O–H groups in total. The third-order valence-electron chi connectivity index (χ3n) is 4.84. The van der Waals surface area contributed by atoms with Crippen LogP contribution in [0.1, 0.15) is 26.7 Å². The van der Waals surface area contributed by atoms with Crippen LogP contribution in [0.2, 0.25) is 0 Å². The number of halogens is 1. The molecule has 1 aliphatic heterocycles. The lowest BCUT2D eigenvalue weighted by Crippen LogP contribution is -2.46. The summed E-state index contributed by atoms with van der Waals surface area (Å²) in [6.45, 7) is 6.68. The molecule has 3 unspecified atom stereocenters. The van der Waals surface area contributed by atoms with E-state index in [0.717, 1.165) is 37.4 Å². The fourth-order valence-electron chi connectivity index (χ4n) is 2.98. The number of carbonyl (C=O) groups excluding carboxylic acids is 1. The molecule has 0 saturated carbocycles. The molecule has 2 rings (SSSR count). The van der Waals surface area contributed by atoms with Gasteiger partial charge in [-0.1, -0.05) is 32.4 Å². The number of carbonyl (C=O) groups is 1. The summed E-state index contributed by atoms with van der Waals surface area (Å²) in [7, 11) is 1.70. The molecule has 6 heteroatoms. The number of hydrogen-bond donors (Lipinski definition) is 2. The van der Waals surface area contributed by atoms with Crippen molar-refractivity contribution in [3.05, 3.63) is 24.3 Å². The minimum Gasteiger partial charge on any atom is -0.495 e. The number of rotatable bonds is 7. The topological polar surface area (TPSA) is 67.6 Å². The third kappa shape index (κ3) is 5.02. The highest BCUT2D eigenvalue weighted by molar-refractivity contribution is 5.85. The molecule has 24 heavy (non-hydrogen) atoms. The van der Waals surface area contributed by atoms with Gasteiger partial charge in [0.2, 0.25) is 5.91 Å². The van der Waals surface area contributed by atoms with E-state index in [1.165, 1.54) is 0 Å². The van der Waals surface area contributed by atoms with E-state index in [2.05, 4.69) is 23.2 Å². The van der Waals surface area contributed by atoms with Gasteiger partial charge >= 0.3 is 0 Å². The summed E-state index contributed by atoms with van der Waals surface area (Å²) < 4.78 is 5.43. The molecule has 1 aromatic carbocycles. The standard InChI is InChI=1S/C18H29N3O2.ClH/c1-4-13(2)17(19)18(22)20-11-14-9-10-21(12-14)15-7-5-6-8-16(15)23-3;/h5-8,13-14,17H,4,9-12,19H2,1-3H3,(H,20,22);1H. The number of anilines is 1. The van der Waals surface area contributed by atoms with Gasteiger partial charge in [0.1, 0.15) is 5.75 Å². The predicted molar refractivity (Wildman–Crippen MR) is 101 cm³/mol. The summed E-state index contributed by atoms with van der Waals surface area (Å²) in [6, 6.07) is 7.66. The second kappa shape index (κ2) is 9.74. The summed E-state index contributed by atoms with van der Waals surface area (Å²) in [4.78, 5) is 14.4. The first-order valence-corrected chi connectivity index (χ1v) is 8.48. The molecular formula is C18H30ClN3O2. The van der Waals surface area contributed by atoms with E-state index in [9.17, 15) is 4.79 Å². The quantitative estimate of drug-likeness (QED) is 0.788. The minimum absolute atomic E-state index is 0. The van der Waals surface area contributed by atoms with Crippen molar-refractivity contribution in [2.75, 3.05) is 31.6 Å². The number of para-hydroxylation sites is 2. The number of methoxy groups -OCH3 is 1. The molecule has 5 nitrogen and oxygen atoms in total. The van der Waals surface area contributed by atoms with Gasteiger partial charge in [-0.3, -0.25) is 4.79 Å². The van der Waals surface area contributed by atoms with Crippen LogP contribution in [0.5, 0.6) is 5.75 Å². The van der Waals surface area contributed by atoms with Crippen LogP contribution in [0.3, 0.4) is 0 Å². The lowest BCUT2D eigenvalue weighted by molar-refractivity contribution is -0.123. The highest BCUT2D eigenvalue weighted by atomic mass is 35.5. The molecule has 0 aliphatic carbocycles. The van der Waals surface area contributed by atoms with Crippen molar-refractivity contribution in [2.24, 2.45) is 17.6 Å². The van der Waals surface area contributed by atoms with E-state index in [-0.39, 0.29) is 24.2 Å². The Morgan fingerprint density at radius 1 is 1.46 bits per heavy atom. The average molecular weight is 356 g/mol. The number of ether oxygens (including phenoxy) is 1. The van der Waals surface area contributed by atoms with Crippen LogP contribution in [0, 0.1) is 11.8 Å². The van der Waals surface area contributed by atoms with Crippen molar-refractivity contribution >= 4 is 24.0 Å². The van der Waals surface area contributed by atoms with E-state index >= 15 is 0 Å². The summed E-state index contributed by atoms with van der Waals surface area (Å²) >= 11 is 0. The summed E-state index contributed by atoms with van der Waals surface area (Å²) in [6.07, 6.45) is 1.98. The minimum atomic E-state index is -0.410. The second-order valence-corrected chi connectivity index (χ2v) is 6.43. The molecule has 1 aromatic rings. The molecule has 0 spiro atoms. The average Bonchev–Trinajstić information content (AvgIpc) is 3.06. The van der Waals surface area contributed by atoms with Crippen LogP contribution in [-0.2, 0) is 4.79 Å². The first-order valence-electron chi connectivity index (χ1n) is 8.48. The smallest absolute Gasteiger partial charge is 0.237 e. The third-order valence-corrected chi connectivity index (χ3v) is 4.84. The highest BCUT2D eigenvalue weighted by Crippen LogP contribution is 2.31. The van der Waals surface area contributed by atoms with E-state index in [1.807, 2.05) is 25.1 Å². The number of nitrogens with two attached hydrogens (primary N) is 1. The van der Waals surface area contributed by atoms with E-state index in [1.54, 1.807) is 7.11 Å². The van der Waals surface area contributed by atoms with Crippen molar-refractivity contribution in [1.29, 1.82) is 0 Å². The van der Waals surface area contributed by atoms with E-state index in [4.69, 9.17) is 10.5 Å². The molecular weight excluding hydrogens is 326 g/mol. The van der Waals surface area contributed by atoms with Gasteiger partial charge in [0.15, 0.2) is 0 Å². The highest BCUT2D eigenvalue weighted by Gasteiger charge is 2.26. The largest absolute Gasteiger partial charge is 0.495 e. The Hall–Kier alpha value is -1.46. The normalized spacial score (nSPS) is 19.3. The van der Waals surface area contributed by atoms with Gasteiger partial charge in [-0.25, -0.2) is 0 Å². The molecule has 1 fully saturated rings. The Balaban J connectivity index is 0.00000288. The van der Waals surface area contributed by atoms with Crippen molar-refractivity contribution in [3.63, 3.8) is 0 Å². The Labute approximate surface area is 151 Å². The lowest BCUT2D eigenvalue weighted by Gasteiger charge is -2.22. The van der Waals surface area contributed by atoms with Crippen LogP contribution in [0.4, 0.5) is 5.69 Å². The lowest BCUT2D eigenvalue weighted by atomic mass is 9.99. The Kier molecular flexibility index (Phi) is 8.36. The van der Waals surface area contributed by atoms with Gasteiger partial charge in [-0.2, -0.15) is 0 Å². The molecule has 3 atom stereocenters. The van der Waals surface area contributed by atoms with Gasteiger partial charge in [-0.15, -0.1) is 12.4 Å². The van der Waals surface area contributed by atoms with Crippen molar-refractivity contribution in [1.82, 2.24) is 5.32 Å². The van der Waals surface area contributed by atoms with E-state index in [0.29, 0.717) is 12.5 Å². The summed E-state index contributed by atoms with van der Waals surface area (Å²) in [5.74, 6) is 1.53. The zero-order chi connectivity index (χ0) is 16.8. The van der Waals surface area contributed by atoms with Crippen LogP contribution >= 0.6 is 12.4 Å². The summed E-state index contributed by atoms with van der Waals surface area (Å²) in [5, 5.41) is 3.02. The van der Waals surface area contributed by atoms with Crippen molar-refractivity contribution in [3.8, 4) is 5.75 Å². The van der Waals surface area contributed by atoms with Gasteiger partial charge in [0, 0.05) is 19.6 Å². The van der Waals surface area contributed by atoms with Crippen LogP contribution in [0.15, 0.2) is 24.3 Å². The van der Waals surface area contributed by atoms with Crippen molar-refractivity contribution < 1.29 is 9.53 Å². The maximum Gasteiger partial charge on any atom is 0.237 e. The number of benzene rings is 1. The molecule has 1 heterocycles. The number of amides is 1. The molecule has 1 amide bonds. The molecule has 0 aromatic heterocycles. The predicted octanol–water partition coefficient (Wildman–Crippen LogP) is 2.43. The SMILES string of the molecule is CCC(C)C(N)C(=O)NCC1CCN(c2ccccc2OC)C1.Cl. The second-order valence-electron chi connectivity index (χ2n) is 6.43. The van der Waals surface area contributed by atoms with Gasteiger partial charge in [-0.05, 0) is 30.4 Å². The van der Waals surface area contributed by atoms with Gasteiger partial charge in [0.25, 0.3) is 0 Å². The Bertz CT molecular complexity index is 527. The van der Waals surface area contributed by atoms with Gasteiger partial charge in [0.05, 0.1) is 18.8 Å². The van der Waals surface area contributed by atoms with Crippen LogP contribution < -0.4 is 20.7 Å². The zero-order valence-corrected chi connectivity index (χ0v) is 15.6. The first-order chi connectivity index (χ1) is 11.1. The number of nitrogens with one attached hydrogen (secondary N) is 1. The fourth-order valence-corrected chi connectivity index (χ4v) is 2.98. The van der Waals surface area contributed by atoms with Crippen molar-refractivity contribution in [2.45, 2.75) is 32.7 Å². The molecule has 1 aliphatic rings. The first kappa shape index (κ1) is 20.6. The summed E-state index contributed by atoms with van der Waals surface area (Å²) in [5.41, 5.74) is 7.10. The maximum atomic E-state index is 12.1. The molecule has 0 bridgehead atoms. The maximum absolute atomic E-state index is 12.1. The Morgan fingerprint density at radius 3 is 2.83 bits per heavy atom. The fraction of sp³-hybridized carbons (Fsp3) is 0.611. The monoisotopic (exact) mass is 355 g/mol. The van der Waals surface area contributed by atoms with E-state index < -0.39 is 6.04 Å². The number of hydrogen-bond acceptors (Lipinski definition) is 4. The van der Waals surface area contributed by atoms with Crippen LogP contribution in [0.25, 0.3) is 0 Å². The molecule has 0 radical (unpaired) electrons. The van der Waals surface area contributed by atoms with Gasteiger partial charge < -0.3 is 20.7 Å². The number of nitrogens with zero attached hydrogens (tertiary/aromatic N) is 1. The molecule has 1 saturated heterocycles. The van der Waals surface area contributed by atoms with Crippen LogP contribution in [-0.4, -0.2) is 38.7 Å². The Morgan fingerprint density at radius 2 is 2.17 bits per heavy atom. The molecule has 136 valence electrons. The zero-order valence-electron chi connectivity index (χ0n) is 14.8.